The molecule has 1 aromatic heterocycles. The van der Waals surface area contributed by atoms with E-state index in [1.54, 1.807) is 13.0 Å². The lowest BCUT2D eigenvalue weighted by Crippen LogP contribution is -2.37. The number of pyridine rings is 1. The van der Waals surface area contributed by atoms with Crippen LogP contribution in [0.1, 0.15) is 29.4 Å². The van der Waals surface area contributed by atoms with Crippen LogP contribution in [-0.2, 0) is 0 Å². The molecule has 16 heavy (non-hydrogen) atoms. The highest BCUT2D eigenvalue weighted by Gasteiger charge is 2.14. The smallest absolute Gasteiger partial charge is 0.253 e. The molecule has 1 amide bonds. The third-order valence-electron chi connectivity index (χ3n) is 2.40. The van der Waals surface area contributed by atoms with Gasteiger partial charge in [0.2, 0.25) is 0 Å². The summed E-state index contributed by atoms with van der Waals surface area (Å²) in [5.74, 6) is -0.252. The summed E-state index contributed by atoms with van der Waals surface area (Å²) in [6.07, 6.45) is 2.19. The summed E-state index contributed by atoms with van der Waals surface area (Å²) in [4.78, 5) is 15.8. The van der Waals surface area contributed by atoms with Crippen LogP contribution in [0.2, 0.25) is 0 Å². The molecule has 0 unspecified atom stereocenters. The Bertz CT molecular complexity index is 375. The normalized spacial score (nSPS) is 12.2. The third kappa shape index (κ3) is 2.93. The van der Waals surface area contributed by atoms with E-state index in [4.69, 9.17) is 10.8 Å². The molecule has 0 saturated heterocycles. The molecule has 5 nitrogen and oxygen atoms in total. The number of anilines is 1. The van der Waals surface area contributed by atoms with Crippen LogP contribution in [0.15, 0.2) is 12.3 Å². The van der Waals surface area contributed by atoms with Crippen LogP contribution >= 0.6 is 0 Å². The predicted octanol–water partition coefficient (Wildman–Crippen LogP) is 0.473. The maximum Gasteiger partial charge on any atom is 0.253 e. The number of aryl methyl sites for hydroxylation is 1. The molecule has 88 valence electrons. The lowest BCUT2D eigenvalue weighted by atomic mass is 10.1. The van der Waals surface area contributed by atoms with E-state index in [9.17, 15) is 4.79 Å². The molecule has 5 heteroatoms. The van der Waals surface area contributed by atoms with Gasteiger partial charge in [-0.15, -0.1) is 0 Å². The summed E-state index contributed by atoms with van der Waals surface area (Å²) in [7, 11) is 0. The van der Waals surface area contributed by atoms with Crippen LogP contribution in [-0.4, -0.2) is 28.6 Å². The Morgan fingerprint density at radius 3 is 2.94 bits per heavy atom. The van der Waals surface area contributed by atoms with E-state index in [0.717, 1.165) is 0 Å². The zero-order valence-corrected chi connectivity index (χ0v) is 9.53. The summed E-state index contributed by atoms with van der Waals surface area (Å²) in [5.41, 5.74) is 7.10. The summed E-state index contributed by atoms with van der Waals surface area (Å²) < 4.78 is 0. The number of aliphatic hydroxyl groups is 1. The minimum Gasteiger partial charge on any atom is -0.397 e. The Morgan fingerprint density at radius 1 is 1.69 bits per heavy atom. The Kier molecular flexibility index (Phi) is 4.25. The molecular weight excluding hydrogens is 206 g/mol. The number of hydrogen-bond acceptors (Lipinski definition) is 4. The number of nitrogens with one attached hydrogen (secondary N) is 1. The van der Waals surface area contributed by atoms with Crippen LogP contribution in [0.5, 0.6) is 0 Å². The van der Waals surface area contributed by atoms with Gasteiger partial charge in [0.05, 0.1) is 35.8 Å². The zero-order chi connectivity index (χ0) is 12.1. The van der Waals surface area contributed by atoms with Crippen LogP contribution in [0, 0.1) is 6.92 Å². The van der Waals surface area contributed by atoms with Gasteiger partial charge in [0.25, 0.3) is 5.91 Å². The Morgan fingerprint density at radius 2 is 2.38 bits per heavy atom. The minimum atomic E-state index is -0.252. The van der Waals surface area contributed by atoms with Gasteiger partial charge in [-0.1, -0.05) is 6.92 Å². The van der Waals surface area contributed by atoms with Crippen molar-refractivity contribution in [3.8, 4) is 0 Å². The largest absolute Gasteiger partial charge is 0.397 e. The first kappa shape index (κ1) is 12.4. The maximum absolute atomic E-state index is 11.8. The standard InChI is InChI=1S/C11H17N3O2/c1-3-9(6-15)14-11(16)10-4-8(12)5-13-7(10)2/h4-5,9,15H,3,6,12H2,1-2H3,(H,14,16)/t9-/m1/s1. The second kappa shape index (κ2) is 5.46. The molecule has 0 aliphatic carbocycles. The quantitative estimate of drug-likeness (QED) is 0.692. The molecule has 0 aromatic carbocycles. The summed E-state index contributed by atoms with van der Waals surface area (Å²) in [6, 6.07) is 1.36. The topological polar surface area (TPSA) is 88.2 Å². The van der Waals surface area contributed by atoms with Gasteiger partial charge in [0.15, 0.2) is 0 Å². The van der Waals surface area contributed by atoms with Gasteiger partial charge in [-0.25, -0.2) is 0 Å². The van der Waals surface area contributed by atoms with Crippen molar-refractivity contribution in [2.45, 2.75) is 26.3 Å². The molecule has 0 saturated carbocycles. The fourth-order valence-corrected chi connectivity index (χ4v) is 1.32. The molecule has 0 radical (unpaired) electrons. The zero-order valence-electron chi connectivity index (χ0n) is 9.53. The summed E-state index contributed by atoms with van der Waals surface area (Å²) >= 11 is 0. The second-order valence-corrected chi connectivity index (χ2v) is 3.66. The van der Waals surface area contributed by atoms with E-state index in [1.807, 2.05) is 6.92 Å². The highest BCUT2D eigenvalue weighted by Crippen LogP contribution is 2.09. The Balaban J connectivity index is 2.83. The van der Waals surface area contributed by atoms with Crippen LogP contribution in [0.25, 0.3) is 0 Å². The number of aromatic nitrogens is 1. The van der Waals surface area contributed by atoms with Crippen LogP contribution < -0.4 is 11.1 Å². The lowest BCUT2D eigenvalue weighted by Gasteiger charge is -2.14. The molecule has 0 aliphatic heterocycles. The van der Waals surface area contributed by atoms with Gasteiger partial charge in [0.1, 0.15) is 0 Å². The van der Waals surface area contributed by atoms with Crippen molar-refractivity contribution in [3.63, 3.8) is 0 Å². The van der Waals surface area contributed by atoms with Crippen molar-refractivity contribution in [1.29, 1.82) is 0 Å². The molecule has 0 aliphatic rings. The van der Waals surface area contributed by atoms with E-state index in [2.05, 4.69) is 10.3 Å². The Labute approximate surface area is 94.7 Å². The second-order valence-electron chi connectivity index (χ2n) is 3.66. The van der Waals surface area contributed by atoms with Crippen molar-refractivity contribution in [1.82, 2.24) is 10.3 Å². The van der Waals surface area contributed by atoms with E-state index in [-0.39, 0.29) is 18.6 Å². The number of carbonyl (C=O) groups excluding carboxylic acids is 1. The molecule has 4 N–H and O–H groups in total. The first-order valence-electron chi connectivity index (χ1n) is 5.22. The predicted molar refractivity (Wildman–Crippen MR) is 62.0 cm³/mol. The van der Waals surface area contributed by atoms with Crippen molar-refractivity contribution in [2.75, 3.05) is 12.3 Å². The molecule has 1 heterocycles. The molecule has 0 spiro atoms. The van der Waals surface area contributed by atoms with E-state index in [1.165, 1.54) is 6.20 Å². The highest BCUT2D eigenvalue weighted by molar-refractivity contribution is 5.96. The number of nitrogens with two attached hydrogens (primary N) is 1. The number of nitrogens with zero attached hydrogens (tertiary/aromatic N) is 1. The molecular formula is C11H17N3O2. The maximum atomic E-state index is 11.8. The van der Waals surface area contributed by atoms with E-state index in [0.29, 0.717) is 23.4 Å². The fourth-order valence-electron chi connectivity index (χ4n) is 1.32. The van der Waals surface area contributed by atoms with Gasteiger partial charge < -0.3 is 16.2 Å². The van der Waals surface area contributed by atoms with Gasteiger partial charge in [0, 0.05) is 0 Å². The summed E-state index contributed by atoms with van der Waals surface area (Å²) in [5, 5.41) is 11.7. The molecule has 1 rings (SSSR count). The lowest BCUT2D eigenvalue weighted by molar-refractivity contribution is 0.0914. The van der Waals surface area contributed by atoms with Crippen molar-refractivity contribution >= 4 is 11.6 Å². The molecule has 1 atom stereocenters. The van der Waals surface area contributed by atoms with E-state index < -0.39 is 0 Å². The van der Waals surface area contributed by atoms with Crippen molar-refractivity contribution in [2.24, 2.45) is 0 Å². The van der Waals surface area contributed by atoms with Crippen molar-refractivity contribution in [3.05, 3.63) is 23.5 Å². The highest BCUT2D eigenvalue weighted by atomic mass is 16.3. The van der Waals surface area contributed by atoms with Crippen LogP contribution in [0.4, 0.5) is 5.69 Å². The molecule has 0 fully saturated rings. The van der Waals surface area contributed by atoms with Crippen molar-refractivity contribution < 1.29 is 9.90 Å². The number of rotatable bonds is 4. The Hall–Kier alpha value is -1.62. The summed E-state index contributed by atoms with van der Waals surface area (Å²) in [6.45, 7) is 3.57. The average Bonchev–Trinajstić information content (AvgIpc) is 2.28. The van der Waals surface area contributed by atoms with Gasteiger partial charge in [-0.3, -0.25) is 9.78 Å². The van der Waals surface area contributed by atoms with Gasteiger partial charge in [-0.05, 0) is 19.4 Å². The number of hydrogen-bond donors (Lipinski definition) is 3. The first-order chi connectivity index (χ1) is 7.58. The van der Waals surface area contributed by atoms with Crippen LogP contribution in [0.3, 0.4) is 0 Å². The van der Waals surface area contributed by atoms with E-state index >= 15 is 0 Å². The fraction of sp³-hybridized carbons (Fsp3) is 0.455. The number of carbonyl (C=O) groups is 1. The minimum absolute atomic E-state index is 0.0724. The SMILES string of the molecule is CC[C@H](CO)NC(=O)c1cc(N)cnc1C. The number of amides is 1. The number of aliphatic hydroxyl groups excluding tert-OH is 1. The first-order valence-corrected chi connectivity index (χ1v) is 5.22. The van der Waals surface area contributed by atoms with Gasteiger partial charge in [-0.2, -0.15) is 0 Å². The molecule has 0 bridgehead atoms. The third-order valence-corrected chi connectivity index (χ3v) is 2.40. The monoisotopic (exact) mass is 223 g/mol. The average molecular weight is 223 g/mol. The molecule has 1 aromatic rings. The number of nitrogen functional groups attached to an aromatic ring is 1. The van der Waals surface area contributed by atoms with Gasteiger partial charge >= 0.3 is 0 Å².